The molecule has 0 spiro atoms. The maximum Gasteiger partial charge on any atom is 0.0283 e. The van der Waals surface area contributed by atoms with E-state index < -0.39 is 0 Å². The number of nitrogens with one attached hydrogen (secondary N) is 1. The summed E-state index contributed by atoms with van der Waals surface area (Å²) in [5, 5.41) is 4.58. The molecule has 0 aliphatic rings. The van der Waals surface area contributed by atoms with Crippen LogP contribution in [0.1, 0.15) is 145 Å². The molecule has 0 amide bonds. The molecule has 0 atom stereocenters. The molecular formula is C52H82BrN3. The summed E-state index contributed by atoms with van der Waals surface area (Å²) in [7, 11) is 0. The molecule has 4 heteroatoms. The molecule has 56 heavy (non-hydrogen) atoms. The number of hydrogen-bond acceptors (Lipinski definition) is 3. The molecule has 3 nitrogen and oxygen atoms in total. The van der Waals surface area contributed by atoms with Crippen LogP contribution in [0.2, 0.25) is 0 Å². The molecule has 0 bridgehead atoms. The van der Waals surface area contributed by atoms with Crippen LogP contribution in [0.25, 0.3) is 0 Å². The van der Waals surface area contributed by atoms with E-state index >= 15 is 0 Å². The van der Waals surface area contributed by atoms with Gasteiger partial charge in [0.05, 0.1) is 0 Å². The van der Waals surface area contributed by atoms with Gasteiger partial charge in [-0.05, 0) is 99.3 Å². The average Bonchev–Trinajstić information content (AvgIpc) is 3.06. The van der Waals surface area contributed by atoms with Crippen LogP contribution in [0.3, 0.4) is 0 Å². The van der Waals surface area contributed by atoms with Gasteiger partial charge in [-0.1, -0.05) is 200 Å². The first-order valence-corrected chi connectivity index (χ1v) is 21.8. The Hall–Kier alpha value is -2.76. The molecule has 0 unspecified atom stereocenters. The first kappa shape index (κ1) is 51.3. The van der Waals surface area contributed by atoms with Crippen LogP contribution in [-0.2, 0) is 25.0 Å². The smallest absolute Gasteiger partial charge is 0.0283 e. The minimum absolute atomic E-state index is 0.0156. The van der Waals surface area contributed by atoms with Crippen LogP contribution >= 0.6 is 15.9 Å². The number of benzene rings is 4. The van der Waals surface area contributed by atoms with Crippen LogP contribution in [-0.4, -0.2) is 21.5 Å². The lowest BCUT2D eigenvalue weighted by Crippen LogP contribution is -2.45. The number of rotatable bonds is 12. The third-order valence-corrected chi connectivity index (χ3v) is 9.47. The maximum absolute atomic E-state index is 5.82. The fraction of sp³-hybridized carbons (Fsp3) is 0.538. The highest BCUT2D eigenvalue weighted by atomic mass is 79.9. The predicted molar refractivity (Wildman–Crippen MR) is 253 cm³/mol. The SMILES string of the molecule is BrCc1ccccc1.CC(C)(C)CC(C)(C)N.CC(C)(C)CC(C)(C)N(Cc1ccccc1)Cc1ccccc1.CC(C)(C)CC(C)(C)NCc1ccccc1. The Kier molecular flexibility index (Phi) is 21.6. The minimum Gasteiger partial charge on any atom is -0.326 e. The Labute approximate surface area is 354 Å². The molecule has 4 aromatic carbocycles. The van der Waals surface area contributed by atoms with E-state index in [1.807, 2.05) is 18.2 Å². The van der Waals surface area contributed by atoms with Crippen molar-refractivity contribution in [3.05, 3.63) is 144 Å². The van der Waals surface area contributed by atoms with Crippen molar-refractivity contribution in [2.75, 3.05) is 0 Å². The summed E-state index contributed by atoms with van der Waals surface area (Å²) < 4.78 is 0. The molecule has 0 aliphatic heterocycles. The van der Waals surface area contributed by atoms with E-state index in [0.29, 0.717) is 16.2 Å². The van der Waals surface area contributed by atoms with Gasteiger partial charge in [0, 0.05) is 41.6 Å². The monoisotopic (exact) mass is 828 g/mol. The van der Waals surface area contributed by atoms with Gasteiger partial charge in [-0.2, -0.15) is 0 Å². The van der Waals surface area contributed by atoms with Gasteiger partial charge in [0.1, 0.15) is 0 Å². The van der Waals surface area contributed by atoms with Gasteiger partial charge in [0.2, 0.25) is 0 Å². The molecule has 0 saturated carbocycles. The number of halogens is 1. The Bertz CT molecular complexity index is 1500. The third kappa shape index (κ3) is 27.0. The van der Waals surface area contributed by atoms with Gasteiger partial charge in [-0.15, -0.1) is 0 Å². The fourth-order valence-corrected chi connectivity index (χ4v) is 8.13. The number of alkyl halides is 1. The summed E-state index contributed by atoms with van der Waals surface area (Å²) in [6.07, 6.45) is 3.41. The van der Waals surface area contributed by atoms with E-state index in [0.717, 1.165) is 31.4 Å². The lowest BCUT2D eigenvalue weighted by Gasteiger charge is -2.42. The third-order valence-electron chi connectivity index (χ3n) is 8.82. The highest BCUT2D eigenvalue weighted by Crippen LogP contribution is 2.33. The van der Waals surface area contributed by atoms with Crippen molar-refractivity contribution in [3.63, 3.8) is 0 Å². The highest BCUT2D eigenvalue weighted by molar-refractivity contribution is 9.08. The summed E-state index contributed by atoms with van der Waals surface area (Å²) >= 11 is 3.36. The Morgan fingerprint density at radius 2 is 0.768 bits per heavy atom. The quantitative estimate of drug-likeness (QED) is 0.140. The maximum atomic E-state index is 5.82. The predicted octanol–water partition coefficient (Wildman–Crippen LogP) is 14.6. The molecule has 0 heterocycles. The molecule has 3 N–H and O–H groups in total. The molecule has 0 aromatic heterocycles. The van der Waals surface area contributed by atoms with E-state index in [9.17, 15) is 0 Å². The van der Waals surface area contributed by atoms with Crippen LogP contribution in [0.5, 0.6) is 0 Å². The second kappa shape index (κ2) is 23.6. The van der Waals surface area contributed by atoms with E-state index in [4.69, 9.17) is 5.73 Å². The van der Waals surface area contributed by atoms with Crippen LogP contribution in [0.15, 0.2) is 121 Å². The van der Waals surface area contributed by atoms with Crippen LogP contribution in [0, 0.1) is 16.2 Å². The summed E-state index contributed by atoms with van der Waals surface area (Å²) in [6, 6.07) is 42.5. The van der Waals surface area contributed by atoms with E-state index in [2.05, 4.69) is 233 Å². The molecule has 312 valence electrons. The highest BCUT2D eigenvalue weighted by Gasteiger charge is 2.31. The summed E-state index contributed by atoms with van der Waals surface area (Å²) in [5.41, 5.74) is 12.6. The van der Waals surface area contributed by atoms with Gasteiger partial charge in [0.15, 0.2) is 0 Å². The zero-order chi connectivity index (χ0) is 42.7. The minimum atomic E-state index is -0.0156. The van der Waals surface area contributed by atoms with E-state index in [-0.39, 0.29) is 16.6 Å². The average molecular weight is 829 g/mol. The molecule has 4 rings (SSSR count). The van der Waals surface area contributed by atoms with Crippen molar-refractivity contribution in [1.82, 2.24) is 10.2 Å². The summed E-state index contributed by atoms with van der Waals surface area (Å²) in [6.45, 7) is 36.9. The van der Waals surface area contributed by atoms with Crippen molar-refractivity contribution in [2.24, 2.45) is 22.0 Å². The lowest BCUT2D eigenvalue weighted by atomic mass is 9.80. The largest absolute Gasteiger partial charge is 0.326 e. The number of nitrogens with two attached hydrogens (primary N) is 1. The molecule has 0 fully saturated rings. The fourth-order valence-electron chi connectivity index (χ4n) is 7.76. The van der Waals surface area contributed by atoms with E-state index in [1.54, 1.807) is 0 Å². The van der Waals surface area contributed by atoms with Gasteiger partial charge in [0.25, 0.3) is 0 Å². The zero-order valence-electron chi connectivity index (χ0n) is 38.4. The van der Waals surface area contributed by atoms with Crippen molar-refractivity contribution >= 4 is 15.9 Å². The first-order chi connectivity index (χ1) is 25.7. The Morgan fingerprint density at radius 1 is 0.446 bits per heavy atom. The first-order valence-electron chi connectivity index (χ1n) is 20.7. The van der Waals surface area contributed by atoms with Crippen molar-refractivity contribution in [1.29, 1.82) is 0 Å². The summed E-state index contributed by atoms with van der Waals surface area (Å²) in [4.78, 5) is 2.61. The normalized spacial score (nSPS) is 12.4. The van der Waals surface area contributed by atoms with Crippen molar-refractivity contribution in [2.45, 2.75) is 165 Å². The topological polar surface area (TPSA) is 41.3 Å². The molecule has 0 aliphatic carbocycles. The number of nitrogens with zero attached hydrogens (tertiary/aromatic N) is 1. The number of hydrogen-bond donors (Lipinski definition) is 2. The molecule has 0 saturated heterocycles. The van der Waals surface area contributed by atoms with Crippen LogP contribution < -0.4 is 11.1 Å². The van der Waals surface area contributed by atoms with Gasteiger partial charge in [-0.3, -0.25) is 4.90 Å². The Balaban J connectivity index is 0.000000410. The second-order valence-electron chi connectivity index (χ2n) is 21.2. The van der Waals surface area contributed by atoms with Gasteiger partial charge in [-0.25, -0.2) is 0 Å². The van der Waals surface area contributed by atoms with E-state index in [1.165, 1.54) is 35.1 Å². The second-order valence-corrected chi connectivity index (χ2v) is 21.7. The van der Waals surface area contributed by atoms with Gasteiger partial charge >= 0.3 is 0 Å². The Morgan fingerprint density at radius 3 is 1.04 bits per heavy atom. The molecule has 0 radical (unpaired) electrons. The zero-order valence-corrected chi connectivity index (χ0v) is 40.0. The van der Waals surface area contributed by atoms with Crippen molar-refractivity contribution in [3.8, 4) is 0 Å². The molecule has 4 aromatic rings. The molecular weight excluding hydrogens is 746 g/mol. The van der Waals surface area contributed by atoms with Gasteiger partial charge < -0.3 is 11.1 Å². The lowest BCUT2D eigenvalue weighted by molar-refractivity contribution is 0.0621. The van der Waals surface area contributed by atoms with Crippen molar-refractivity contribution < 1.29 is 0 Å². The standard InChI is InChI=1S/C22H31N.C15H25N.C8H19N.C7H7Br/c1-21(2,3)18-22(4,5)23(16-19-12-8-6-9-13-19)17-20-14-10-7-11-15-20;1-14(2,3)12-15(4,5)16-11-13-9-7-6-8-10-13;1-7(2,3)6-8(4,5)9;8-6-7-4-2-1-3-5-7/h6-15H,16-18H2,1-5H3;6-10,16H,11-12H2,1-5H3;6,9H2,1-5H3;1-5H,6H2. The van der Waals surface area contributed by atoms with Crippen LogP contribution in [0.4, 0.5) is 0 Å². The summed E-state index contributed by atoms with van der Waals surface area (Å²) in [5.74, 6) is 0.